The van der Waals surface area contributed by atoms with Crippen molar-refractivity contribution in [1.29, 1.82) is 0 Å². The van der Waals surface area contributed by atoms with Crippen LogP contribution >= 0.6 is 0 Å². The Kier molecular flexibility index (Phi) is 3.98. The molecule has 2 aliphatic heterocycles. The number of rotatable bonds is 2. The summed E-state index contributed by atoms with van der Waals surface area (Å²) in [4.78, 5) is 14.1. The van der Waals surface area contributed by atoms with E-state index in [4.69, 9.17) is 9.47 Å². The molecule has 1 aromatic carbocycles. The van der Waals surface area contributed by atoms with Gasteiger partial charge in [0, 0.05) is 24.6 Å². The number of ether oxygens (including phenoxy) is 2. The summed E-state index contributed by atoms with van der Waals surface area (Å²) in [7, 11) is 0. The lowest BCUT2D eigenvalue weighted by molar-refractivity contribution is -0.0956. The first-order valence-corrected chi connectivity index (χ1v) is 7.02. The van der Waals surface area contributed by atoms with E-state index in [1.165, 1.54) is 12.1 Å². The standard InChI is InChI=1S/C15H18FNO3/c16-13-3-1-2-12(10-13)14(18)17-6-4-11(5-7-17)15-19-8-9-20-15/h1-3,10-11,15H,4-9H2. The third kappa shape index (κ3) is 2.83. The normalized spacial score (nSPS) is 21.4. The van der Waals surface area contributed by atoms with E-state index in [1.807, 2.05) is 0 Å². The SMILES string of the molecule is O=C(c1cccc(F)c1)N1CCC(C2OCCO2)CC1. The third-order valence-corrected chi connectivity index (χ3v) is 3.93. The van der Waals surface area contributed by atoms with E-state index in [-0.39, 0.29) is 18.0 Å². The van der Waals surface area contributed by atoms with E-state index in [9.17, 15) is 9.18 Å². The van der Waals surface area contributed by atoms with Crippen LogP contribution in [0.2, 0.25) is 0 Å². The average Bonchev–Trinajstić information content (AvgIpc) is 3.01. The topological polar surface area (TPSA) is 38.8 Å². The number of hydrogen-bond donors (Lipinski definition) is 0. The third-order valence-electron chi connectivity index (χ3n) is 3.93. The van der Waals surface area contributed by atoms with Gasteiger partial charge >= 0.3 is 0 Å². The molecule has 0 aromatic heterocycles. The Morgan fingerprint density at radius 1 is 1.20 bits per heavy atom. The number of likely N-dealkylation sites (tertiary alicyclic amines) is 1. The minimum Gasteiger partial charge on any atom is -0.350 e. The molecule has 2 aliphatic rings. The minimum atomic E-state index is -0.376. The van der Waals surface area contributed by atoms with Crippen LogP contribution in [-0.4, -0.2) is 43.4 Å². The highest BCUT2D eigenvalue weighted by atomic mass is 19.1. The lowest BCUT2D eigenvalue weighted by atomic mass is 9.95. The molecule has 0 bridgehead atoms. The van der Waals surface area contributed by atoms with E-state index < -0.39 is 0 Å². The highest BCUT2D eigenvalue weighted by molar-refractivity contribution is 5.94. The predicted octanol–water partition coefficient (Wildman–Crippen LogP) is 2.05. The van der Waals surface area contributed by atoms with Crippen molar-refractivity contribution >= 4 is 5.91 Å². The number of halogens is 1. The van der Waals surface area contributed by atoms with Gasteiger partial charge in [-0.25, -0.2) is 4.39 Å². The lowest BCUT2D eigenvalue weighted by Gasteiger charge is -2.33. The Balaban J connectivity index is 1.58. The van der Waals surface area contributed by atoms with Crippen molar-refractivity contribution in [2.24, 2.45) is 5.92 Å². The van der Waals surface area contributed by atoms with Crippen LogP contribution in [0.25, 0.3) is 0 Å². The Labute approximate surface area is 117 Å². The van der Waals surface area contributed by atoms with Gasteiger partial charge in [0.05, 0.1) is 13.2 Å². The van der Waals surface area contributed by atoms with Crippen molar-refractivity contribution in [2.75, 3.05) is 26.3 Å². The zero-order valence-electron chi connectivity index (χ0n) is 11.3. The maximum atomic E-state index is 13.2. The lowest BCUT2D eigenvalue weighted by Crippen LogP contribution is -2.41. The maximum absolute atomic E-state index is 13.2. The number of hydrogen-bond acceptors (Lipinski definition) is 3. The van der Waals surface area contributed by atoms with Crippen LogP contribution in [0.5, 0.6) is 0 Å². The molecule has 5 heteroatoms. The van der Waals surface area contributed by atoms with Crippen molar-refractivity contribution in [2.45, 2.75) is 19.1 Å². The molecular formula is C15H18FNO3. The molecule has 0 radical (unpaired) electrons. The van der Waals surface area contributed by atoms with Crippen LogP contribution in [0.1, 0.15) is 23.2 Å². The summed E-state index contributed by atoms with van der Waals surface area (Å²) >= 11 is 0. The first-order valence-electron chi connectivity index (χ1n) is 7.02. The number of benzene rings is 1. The van der Waals surface area contributed by atoms with Crippen molar-refractivity contribution in [3.05, 3.63) is 35.6 Å². The molecule has 1 amide bonds. The fraction of sp³-hybridized carbons (Fsp3) is 0.533. The molecule has 20 heavy (non-hydrogen) atoms. The van der Waals surface area contributed by atoms with Crippen LogP contribution in [0, 0.1) is 11.7 Å². The molecule has 2 fully saturated rings. The van der Waals surface area contributed by atoms with Gasteiger partial charge in [0.1, 0.15) is 5.82 Å². The molecule has 1 aromatic rings. The van der Waals surface area contributed by atoms with Gasteiger partial charge in [-0.05, 0) is 31.0 Å². The van der Waals surface area contributed by atoms with E-state index >= 15 is 0 Å². The van der Waals surface area contributed by atoms with Crippen LogP contribution in [0.4, 0.5) is 4.39 Å². The van der Waals surface area contributed by atoms with Gasteiger partial charge in [-0.3, -0.25) is 4.79 Å². The van der Waals surface area contributed by atoms with Crippen molar-refractivity contribution in [3.8, 4) is 0 Å². The largest absolute Gasteiger partial charge is 0.350 e. The Morgan fingerprint density at radius 3 is 2.55 bits per heavy atom. The van der Waals surface area contributed by atoms with Gasteiger partial charge in [0.25, 0.3) is 5.91 Å². The van der Waals surface area contributed by atoms with E-state index in [1.54, 1.807) is 17.0 Å². The van der Waals surface area contributed by atoms with Crippen LogP contribution in [-0.2, 0) is 9.47 Å². The summed E-state index contributed by atoms with van der Waals surface area (Å²) in [6, 6.07) is 5.85. The molecule has 0 atom stereocenters. The van der Waals surface area contributed by atoms with Crippen LogP contribution < -0.4 is 0 Å². The molecule has 0 saturated carbocycles. The maximum Gasteiger partial charge on any atom is 0.253 e. The second kappa shape index (κ2) is 5.89. The smallest absolute Gasteiger partial charge is 0.253 e. The van der Waals surface area contributed by atoms with Crippen molar-refractivity contribution < 1.29 is 18.7 Å². The summed E-state index contributed by atoms with van der Waals surface area (Å²) in [5.74, 6) is -0.122. The van der Waals surface area contributed by atoms with Crippen LogP contribution in [0.3, 0.4) is 0 Å². The fourth-order valence-electron chi connectivity index (χ4n) is 2.83. The fourth-order valence-corrected chi connectivity index (χ4v) is 2.83. The number of amides is 1. The number of carbonyl (C=O) groups excluding carboxylic acids is 1. The molecule has 2 heterocycles. The Bertz CT molecular complexity index is 480. The molecule has 0 aliphatic carbocycles. The highest BCUT2D eigenvalue weighted by Crippen LogP contribution is 2.26. The second-order valence-electron chi connectivity index (χ2n) is 5.25. The van der Waals surface area contributed by atoms with E-state index in [2.05, 4.69) is 0 Å². The molecule has 0 N–H and O–H groups in total. The van der Waals surface area contributed by atoms with Gasteiger partial charge in [-0.1, -0.05) is 6.07 Å². The Morgan fingerprint density at radius 2 is 1.90 bits per heavy atom. The summed E-state index contributed by atoms with van der Waals surface area (Å²) in [5, 5.41) is 0. The van der Waals surface area contributed by atoms with Gasteiger partial charge in [0.2, 0.25) is 0 Å². The molecule has 3 rings (SSSR count). The van der Waals surface area contributed by atoms with Crippen molar-refractivity contribution in [3.63, 3.8) is 0 Å². The van der Waals surface area contributed by atoms with Crippen LogP contribution in [0.15, 0.2) is 24.3 Å². The molecule has 0 unspecified atom stereocenters. The number of carbonyl (C=O) groups is 1. The van der Waals surface area contributed by atoms with E-state index in [0.29, 0.717) is 37.8 Å². The molecule has 0 spiro atoms. The minimum absolute atomic E-state index is 0.101. The zero-order chi connectivity index (χ0) is 13.9. The summed E-state index contributed by atoms with van der Waals surface area (Å²) in [6.45, 7) is 2.66. The first kappa shape index (κ1) is 13.5. The van der Waals surface area contributed by atoms with Crippen molar-refractivity contribution in [1.82, 2.24) is 4.90 Å². The van der Waals surface area contributed by atoms with Gasteiger partial charge < -0.3 is 14.4 Å². The molecule has 2 saturated heterocycles. The monoisotopic (exact) mass is 279 g/mol. The summed E-state index contributed by atoms with van der Waals surface area (Å²) < 4.78 is 24.2. The molecule has 108 valence electrons. The van der Waals surface area contributed by atoms with E-state index in [0.717, 1.165) is 12.8 Å². The summed E-state index contributed by atoms with van der Waals surface area (Å²) in [5.41, 5.74) is 0.414. The van der Waals surface area contributed by atoms with Gasteiger partial charge in [0.15, 0.2) is 6.29 Å². The highest BCUT2D eigenvalue weighted by Gasteiger charge is 2.31. The second-order valence-corrected chi connectivity index (χ2v) is 5.25. The number of nitrogens with zero attached hydrogens (tertiary/aromatic N) is 1. The number of piperidine rings is 1. The zero-order valence-corrected chi connectivity index (χ0v) is 11.3. The van der Waals surface area contributed by atoms with Gasteiger partial charge in [-0.15, -0.1) is 0 Å². The first-order chi connectivity index (χ1) is 9.74. The quantitative estimate of drug-likeness (QED) is 0.831. The predicted molar refractivity (Wildman–Crippen MR) is 70.7 cm³/mol. The van der Waals surface area contributed by atoms with Gasteiger partial charge in [-0.2, -0.15) is 0 Å². The molecule has 4 nitrogen and oxygen atoms in total. The molecular weight excluding hydrogens is 261 g/mol. The summed E-state index contributed by atoms with van der Waals surface area (Å²) in [6.07, 6.45) is 1.62. The Hall–Kier alpha value is -1.46. The average molecular weight is 279 g/mol.